The number of carbonyl (C=O) groups is 3. The summed E-state index contributed by atoms with van der Waals surface area (Å²) in [6.07, 6.45) is 13.2. The lowest BCUT2D eigenvalue weighted by Gasteiger charge is -2.49. The van der Waals surface area contributed by atoms with Crippen molar-refractivity contribution in [3.63, 3.8) is 0 Å². The van der Waals surface area contributed by atoms with Crippen molar-refractivity contribution in [2.75, 3.05) is 26.4 Å². The van der Waals surface area contributed by atoms with Crippen molar-refractivity contribution in [2.45, 2.75) is 382 Å². The quantitative estimate of drug-likeness (QED) is 0.00673. The lowest BCUT2D eigenvalue weighted by Crippen LogP contribution is -2.69. The number of carbonyl (C=O) groups excluding carboxylic acids is 3. The predicted molar refractivity (Wildman–Crippen MR) is 361 cm³/mol. The maximum absolute atomic E-state index is 14.3. The van der Waals surface area contributed by atoms with Gasteiger partial charge in [0.2, 0.25) is 0 Å². The molecule has 562 valence electrons. The zero-order valence-electron chi connectivity index (χ0n) is 58.4. The molecule has 18 atom stereocenters. The van der Waals surface area contributed by atoms with Gasteiger partial charge in [0.15, 0.2) is 18.7 Å². The summed E-state index contributed by atoms with van der Waals surface area (Å²) in [7, 11) is -5.71. The third-order valence-corrected chi connectivity index (χ3v) is 19.3. The molecule has 3 rings (SSSR count). The number of esters is 3. The fourth-order valence-electron chi connectivity index (χ4n) is 12.3. The van der Waals surface area contributed by atoms with Gasteiger partial charge >= 0.3 is 25.7 Å². The Hall–Kier alpha value is -2.56. The Kier molecular flexibility index (Phi) is 48.7. The van der Waals surface area contributed by atoms with E-state index in [-0.39, 0.29) is 12.8 Å². The molecule has 2 saturated heterocycles. The number of aliphatic hydroxyl groups is 10. The fraction of sp³-hybridized carbons (Fsp3) is 0.901. The van der Waals surface area contributed by atoms with Gasteiger partial charge in [0.25, 0.3) is 0 Å². The first-order valence-corrected chi connectivity index (χ1v) is 38.7. The minimum Gasteiger partial charge on any atom is -0.463 e. The third kappa shape index (κ3) is 36.4. The smallest absolute Gasteiger partial charge is 0.463 e. The predicted octanol–water partition coefficient (Wildman–Crippen LogP) is 9.74. The molecule has 96 heavy (non-hydrogen) atoms. The van der Waals surface area contributed by atoms with E-state index in [1.165, 1.54) is 147 Å². The Morgan fingerprint density at radius 2 is 0.802 bits per heavy atom. The van der Waals surface area contributed by atoms with E-state index in [0.717, 1.165) is 96.0 Å². The zero-order chi connectivity index (χ0) is 70.4. The van der Waals surface area contributed by atoms with Crippen molar-refractivity contribution in [1.29, 1.82) is 0 Å². The first-order valence-electron chi connectivity index (χ1n) is 37.2. The van der Waals surface area contributed by atoms with Gasteiger partial charge in [-0.05, 0) is 25.7 Å². The van der Waals surface area contributed by atoms with Crippen LogP contribution < -0.4 is 0 Å². The highest BCUT2D eigenvalue weighted by Crippen LogP contribution is 2.49. The van der Waals surface area contributed by atoms with Gasteiger partial charge in [-0.2, -0.15) is 0 Å². The molecule has 0 bridgehead atoms. The summed E-state index contributed by atoms with van der Waals surface area (Å²) in [5.41, 5.74) is 0. The molecule has 0 aromatic rings. The minimum absolute atomic E-state index is 0.0284. The molecular weight excluding hydrogens is 1270 g/mol. The number of ether oxygens (including phenoxy) is 7. The molecule has 3 fully saturated rings. The number of phosphoric acid groups is 1. The lowest BCUT2D eigenvalue weighted by atomic mass is 9.84. The van der Waals surface area contributed by atoms with Crippen molar-refractivity contribution >= 4 is 25.7 Å². The van der Waals surface area contributed by atoms with Gasteiger partial charge in [0.1, 0.15) is 98.7 Å². The molecule has 11 N–H and O–H groups in total. The number of hydrogen-bond donors (Lipinski definition) is 11. The Morgan fingerprint density at radius 1 is 0.427 bits per heavy atom. The topological polar surface area (TPSA) is 374 Å². The number of aliphatic hydroxyl groups excluding tert-OH is 10. The molecule has 0 aromatic heterocycles. The highest BCUT2D eigenvalue weighted by atomic mass is 31.2. The van der Waals surface area contributed by atoms with Crippen LogP contribution in [0.1, 0.15) is 278 Å². The SMILES string of the molecule is CCCCCCCCCCCCC/C=C/C=C/C(=O)OCC(COP(=O)(O)OC1C(OC2OC(CO)C(O)C(O)C2O)C(O)C(O)C(O)C1OC1OC(COC(=O)CCCCCCCCCCCCCC)C(O)C(O)C1O)OC(=O)CCCCCCCCCCCCCCCC. The first kappa shape index (κ1) is 87.7. The normalized spacial score (nSPS) is 28.1. The van der Waals surface area contributed by atoms with Crippen LogP contribution >= 0.6 is 7.82 Å². The number of unbranched alkanes of at least 4 members (excludes halogenated alkanes) is 35. The number of rotatable bonds is 57. The van der Waals surface area contributed by atoms with Gasteiger partial charge in [-0.1, -0.05) is 257 Å². The molecule has 0 aromatic carbocycles. The van der Waals surface area contributed by atoms with Crippen LogP contribution in [-0.2, 0) is 61.2 Å². The van der Waals surface area contributed by atoms with Crippen molar-refractivity contribution in [1.82, 2.24) is 0 Å². The monoisotopic (exact) mass is 1400 g/mol. The molecule has 1 aliphatic carbocycles. The van der Waals surface area contributed by atoms with E-state index >= 15 is 0 Å². The second kappa shape index (κ2) is 53.3. The average Bonchev–Trinajstić information content (AvgIpc) is 0.768. The van der Waals surface area contributed by atoms with Gasteiger partial charge in [0, 0.05) is 18.9 Å². The summed E-state index contributed by atoms with van der Waals surface area (Å²) >= 11 is 0. The van der Waals surface area contributed by atoms with Crippen LogP contribution in [0.4, 0.5) is 0 Å². The number of allylic oxidation sites excluding steroid dienone is 3. The highest BCUT2D eigenvalue weighted by molar-refractivity contribution is 7.47. The maximum atomic E-state index is 14.3. The van der Waals surface area contributed by atoms with E-state index in [1.54, 1.807) is 6.08 Å². The molecule has 0 spiro atoms. The van der Waals surface area contributed by atoms with Crippen LogP contribution in [0.15, 0.2) is 24.3 Å². The average molecular weight is 1400 g/mol. The van der Waals surface area contributed by atoms with E-state index in [4.69, 9.17) is 42.2 Å². The molecular formula is C71H129O24P. The van der Waals surface area contributed by atoms with Crippen molar-refractivity contribution in [2.24, 2.45) is 0 Å². The van der Waals surface area contributed by atoms with Crippen LogP contribution in [0, 0.1) is 0 Å². The van der Waals surface area contributed by atoms with Crippen molar-refractivity contribution < 1.29 is 117 Å². The second-order valence-corrected chi connectivity index (χ2v) is 28.1. The summed E-state index contributed by atoms with van der Waals surface area (Å²) in [4.78, 5) is 50.8. The lowest BCUT2D eigenvalue weighted by molar-refractivity contribution is -0.360. The number of phosphoric ester groups is 1. The Morgan fingerprint density at radius 3 is 1.23 bits per heavy atom. The molecule has 0 amide bonds. The van der Waals surface area contributed by atoms with E-state index in [9.17, 15) is 74.9 Å². The third-order valence-electron chi connectivity index (χ3n) is 18.3. The summed E-state index contributed by atoms with van der Waals surface area (Å²) in [6, 6.07) is 0. The van der Waals surface area contributed by atoms with Gasteiger partial charge in [-0.3, -0.25) is 18.6 Å². The molecule has 25 heteroatoms. The zero-order valence-corrected chi connectivity index (χ0v) is 59.3. The summed E-state index contributed by atoms with van der Waals surface area (Å²) in [5, 5.41) is 110. The van der Waals surface area contributed by atoms with E-state index in [0.29, 0.717) is 12.8 Å². The van der Waals surface area contributed by atoms with Crippen LogP contribution in [0.2, 0.25) is 0 Å². The largest absolute Gasteiger partial charge is 0.472 e. The van der Waals surface area contributed by atoms with Crippen molar-refractivity contribution in [3.8, 4) is 0 Å². The van der Waals surface area contributed by atoms with Crippen LogP contribution in [0.25, 0.3) is 0 Å². The summed E-state index contributed by atoms with van der Waals surface area (Å²) in [6.45, 7) is 3.32. The van der Waals surface area contributed by atoms with Crippen LogP contribution in [0.5, 0.6) is 0 Å². The first-order chi connectivity index (χ1) is 46.3. The highest BCUT2D eigenvalue weighted by Gasteiger charge is 2.58. The number of hydrogen-bond acceptors (Lipinski definition) is 23. The van der Waals surface area contributed by atoms with E-state index < -0.39 is 156 Å². The standard InChI is InChI=1S/C71H129O24P/c1-4-7-10-13-16-19-22-25-27-29-31-34-36-39-42-45-55(73)87-49-52(90-57(75)47-44-41-38-35-32-28-26-23-20-17-14-11-8-5-2)50-89-96(85,86)95-69-67(93-70-65(83)60(78)58(76)53(48-72)91-70)63(81)62(80)64(82)68(69)94-71-66(84)61(79)59(77)54(92-71)51-88-56(74)46-43-40-37-33-30-24-21-18-15-12-9-6-3/h36,39,42,45,52-54,58-72,76-84H,4-35,37-38,40-41,43-44,46-51H2,1-3H3,(H,85,86)/b39-36+,45-42+. The molecule has 3 aliphatic rings. The van der Waals surface area contributed by atoms with Gasteiger partial charge in [-0.25, -0.2) is 9.36 Å². The molecule has 24 nitrogen and oxygen atoms in total. The summed E-state index contributed by atoms with van der Waals surface area (Å²) in [5.74, 6) is -2.24. The molecule has 2 aliphatic heterocycles. The Balaban J connectivity index is 1.76. The Bertz CT molecular complexity index is 2090. The molecule has 2 heterocycles. The maximum Gasteiger partial charge on any atom is 0.472 e. The summed E-state index contributed by atoms with van der Waals surface area (Å²) < 4.78 is 64.7. The van der Waals surface area contributed by atoms with E-state index in [1.807, 2.05) is 6.08 Å². The molecule has 0 radical (unpaired) electrons. The van der Waals surface area contributed by atoms with Gasteiger partial charge in [0.05, 0.1) is 13.2 Å². The van der Waals surface area contributed by atoms with Gasteiger partial charge < -0.3 is 89.1 Å². The molecule has 1 saturated carbocycles. The molecule has 18 unspecified atom stereocenters. The Labute approximate surface area is 573 Å². The van der Waals surface area contributed by atoms with E-state index in [2.05, 4.69) is 20.8 Å². The van der Waals surface area contributed by atoms with Crippen LogP contribution in [-0.4, -0.2) is 204 Å². The van der Waals surface area contributed by atoms with Crippen molar-refractivity contribution in [3.05, 3.63) is 24.3 Å². The van der Waals surface area contributed by atoms with Crippen LogP contribution in [0.3, 0.4) is 0 Å². The minimum atomic E-state index is -5.71. The second-order valence-electron chi connectivity index (χ2n) is 26.7. The fourth-order valence-corrected chi connectivity index (χ4v) is 13.2. The van der Waals surface area contributed by atoms with Gasteiger partial charge in [-0.15, -0.1) is 0 Å².